The molecule has 5 unspecified atom stereocenters. The molecule has 0 aliphatic heterocycles. The van der Waals surface area contributed by atoms with E-state index in [1.807, 2.05) is 24.3 Å². The summed E-state index contributed by atoms with van der Waals surface area (Å²) in [6.07, 6.45) is -2.97. The Kier molecular flexibility index (Phi) is 5.94. The number of benzene rings is 3. The first-order chi connectivity index (χ1) is 14.9. The number of aliphatic hydroxyl groups excluding tert-OH is 4. The first-order valence-corrected chi connectivity index (χ1v) is 10.3. The van der Waals surface area contributed by atoms with E-state index in [1.165, 1.54) is 0 Å². The zero-order valence-corrected chi connectivity index (χ0v) is 17.5. The van der Waals surface area contributed by atoms with Crippen LogP contribution < -0.4 is 9.47 Å². The van der Waals surface area contributed by atoms with E-state index in [9.17, 15) is 25.5 Å². The second kappa shape index (κ2) is 8.51. The van der Waals surface area contributed by atoms with E-state index in [0.717, 1.165) is 27.1 Å². The van der Waals surface area contributed by atoms with E-state index in [0.29, 0.717) is 24.3 Å². The van der Waals surface area contributed by atoms with E-state index in [-0.39, 0.29) is 12.4 Å². The van der Waals surface area contributed by atoms with Crippen molar-refractivity contribution in [2.24, 2.45) is 11.8 Å². The van der Waals surface area contributed by atoms with Crippen LogP contribution >= 0.6 is 0 Å². The lowest BCUT2D eigenvalue weighted by atomic mass is 9.73. The summed E-state index contributed by atoms with van der Waals surface area (Å²) in [5.41, 5.74) is 0.738. The fourth-order valence-electron chi connectivity index (χ4n) is 4.88. The van der Waals surface area contributed by atoms with Gasteiger partial charge in [0.1, 0.15) is 23.4 Å². The predicted octanol–water partition coefficient (Wildman–Crippen LogP) is 1.97. The van der Waals surface area contributed by atoms with Gasteiger partial charge in [0.15, 0.2) is 0 Å². The molecule has 5 atom stereocenters. The van der Waals surface area contributed by atoms with Crippen molar-refractivity contribution in [1.29, 1.82) is 0 Å². The minimum Gasteiger partial charge on any atom is -0.508 e. The maximum atomic E-state index is 10.6. The van der Waals surface area contributed by atoms with E-state index in [4.69, 9.17) is 9.47 Å². The molecule has 0 amide bonds. The van der Waals surface area contributed by atoms with Gasteiger partial charge < -0.3 is 35.0 Å². The summed E-state index contributed by atoms with van der Waals surface area (Å²) in [5.74, 6) is 0.432. The van der Waals surface area contributed by atoms with E-state index in [1.54, 1.807) is 26.4 Å². The van der Waals surface area contributed by atoms with E-state index >= 15 is 0 Å². The van der Waals surface area contributed by atoms with Crippen molar-refractivity contribution < 1.29 is 35.0 Å². The summed E-state index contributed by atoms with van der Waals surface area (Å²) in [6.45, 7) is -0.276. The molecule has 0 spiro atoms. The molecule has 1 saturated carbocycles. The fourth-order valence-corrected chi connectivity index (χ4v) is 4.88. The van der Waals surface area contributed by atoms with Gasteiger partial charge in [0.05, 0.1) is 26.4 Å². The Balaban J connectivity index is 1.87. The van der Waals surface area contributed by atoms with Gasteiger partial charge in [0.2, 0.25) is 0 Å². The van der Waals surface area contributed by atoms with Crippen molar-refractivity contribution in [2.75, 3.05) is 20.8 Å². The first kappa shape index (κ1) is 21.6. The van der Waals surface area contributed by atoms with Crippen molar-refractivity contribution in [3.63, 3.8) is 0 Å². The second-order valence-electron chi connectivity index (χ2n) is 8.27. The predicted molar refractivity (Wildman–Crippen MR) is 117 cm³/mol. The fraction of sp³-hybridized carbons (Fsp3) is 0.417. The van der Waals surface area contributed by atoms with Gasteiger partial charge in [0, 0.05) is 23.5 Å². The molecule has 0 aromatic heterocycles. The number of aliphatic hydroxyl groups is 4. The first-order valence-electron chi connectivity index (χ1n) is 10.3. The number of methoxy groups -OCH3 is 2. The molecule has 0 saturated heterocycles. The quantitative estimate of drug-likeness (QED) is 0.394. The minimum atomic E-state index is -1.34. The number of ether oxygens (including phenoxy) is 2. The van der Waals surface area contributed by atoms with Gasteiger partial charge in [-0.1, -0.05) is 12.1 Å². The van der Waals surface area contributed by atoms with Crippen molar-refractivity contribution in [3.05, 3.63) is 42.0 Å². The van der Waals surface area contributed by atoms with Crippen molar-refractivity contribution in [1.82, 2.24) is 0 Å². The van der Waals surface area contributed by atoms with Crippen LogP contribution in [-0.2, 0) is 6.42 Å². The van der Waals surface area contributed by atoms with Crippen LogP contribution in [0.4, 0.5) is 0 Å². The Hall–Kier alpha value is -2.58. The standard InChI is InChI=1S/C24H28O7/c1-30-19-10-13-4-3-12-8-16(26)5-6-17(12)20(13)24(31-2)18(19)9-14-7-15(11-25)22(28)23(29)21(14)27/h3-6,8,10,14-15,21-23,25-29H,7,9,11H2,1-2H3. The molecule has 7 nitrogen and oxygen atoms in total. The topological polar surface area (TPSA) is 120 Å². The van der Waals surface area contributed by atoms with Crippen LogP contribution in [0.25, 0.3) is 21.5 Å². The normalized spacial score (nSPS) is 26.3. The molecular formula is C24H28O7. The van der Waals surface area contributed by atoms with Crippen molar-refractivity contribution in [2.45, 2.75) is 31.2 Å². The zero-order chi connectivity index (χ0) is 22.3. The third-order valence-electron chi connectivity index (χ3n) is 6.52. The Morgan fingerprint density at radius 2 is 1.58 bits per heavy atom. The third kappa shape index (κ3) is 3.68. The molecule has 7 heteroatoms. The Morgan fingerprint density at radius 3 is 2.26 bits per heavy atom. The van der Waals surface area contributed by atoms with Crippen LogP contribution in [0, 0.1) is 11.8 Å². The highest BCUT2D eigenvalue weighted by Gasteiger charge is 2.42. The van der Waals surface area contributed by atoms with Gasteiger partial charge >= 0.3 is 0 Å². The molecule has 3 aromatic carbocycles. The lowest BCUT2D eigenvalue weighted by molar-refractivity contribution is -0.141. The Bertz CT molecular complexity index is 1090. The average Bonchev–Trinajstić information content (AvgIpc) is 2.78. The Morgan fingerprint density at radius 1 is 0.871 bits per heavy atom. The molecule has 0 bridgehead atoms. The smallest absolute Gasteiger partial charge is 0.134 e. The van der Waals surface area contributed by atoms with Crippen LogP contribution in [0.3, 0.4) is 0 Å². The largest absolute Gasteiger partial charge is 0.508 e. The maximum Gasteiger partial charge on any atom is 0.134 e. The SMILES string of the molecule is COc1cc2ccc3cc(O)ccc3c2c(OC)c1CC1CC(CO)C(O)C(O)C1O. The molecule has 1 aliphatic rings. The monoisotopic (exact) mass is 428 g/mol. The maximum absolute atomic E-state index is 10.6. The number of aromatic hydroxyl groups is 1. The number of phenols is 1. The number of rotatable bonds is 5. The summed E-state index contributed by atoms with van der Waals surface area (Å²) in [6, 6.07) is 10.9. The number of fused-ring (bicyclic) bond motifs is 3. The summed E-state index contributed by atoms with van der Waals surface area (Å²) in [5, 5.41) is 54.1. The molecule has 1 aliphatic carbocycles. The van der Waals surface area contributed by atoms with Gasteiger partial charge in [-0.2, -0.15) is 0 Å². The van der Waals surface area contributed by atoms with Crippen LogP contribution in [0.15, 0.2) is 36.4 Å². The molecule has 5 N–H and O–H groups in total. The van der Waals surface area contributed by atoms with E-state index in [2.05, 4.69) is 0 Å². The lowest BCUT2D eigenvalue weighted by Gasteiger charge is -2.40. The lowest BCUT2D eigenvalue weighted by Crippen LogP contribution is -2.52. The molecule has 3 aromatic rings. The molecule has 166 valence electrons. The molecule has 0 radical (unpaired) electrons. The zero-order valence-electron chi connectivity index (χ0n) is 17.5. The van der Waals surface area contributed by atoms with Crippen molar-refractivity contribution >= 4 is 21.5 Å². The molecule has 31 heavy (non-hydrogen) atoms. The highest BCUT2D eigenvalue weighted by molar-refractivity contribution is 6.12. The molecule has 0 heterocycles. The van der Waals surface area contributed by atoms with Crippen LogP contribution in [0.1, 0.15) is 12.0 Å². The number of hydrogen-bond donors (Lipinski definition) is 5. The molecule has 4 rings (SSSR count). The van der Waals surface area contributed by atoms with E-state index < -0.39 is 30.1 Å². The molecular weight excluding hydrogens is 400 g/mol. The second-order valence-corrected chi connectivity index (χ2v) is 8.27. The number of phenolic OH excluding ortho intramolecular Hbond substituents is 1. The summed E-state index contributed by atoms with van der Waals surface area (Å²) in [4.78, 5) is 0. The van der Waals surface area contributed by atoms with Crippen LogP contribution in [0.5, 0.6) is 17.2 Å². The Labute approximate surface area is 180 Å². The van der Waals surface area contributed by atoms with Gasteiger partial charge in [-0.3, -0.25) is 0 Å². The van der Waals surface area contributed by atoms with Gasteiger partial charge in [-0.15, -0.1) is 0 Å². The molecule has 1 fully saturated rings. The summed E-state index contributed by atoms with van der Waals surface area (Å²) in [7, 11) is 3.14. The van der Waals surface area contributed by atoms with Crippen LogP contribution in [-0.4, -0.2) is 64.7 Å². The number of hydrogen-bond acceptors (Lipinski definition) is 7. The minimum absolute atomic E-state index is 0.174. The summed E-state index contributed by atoms with van der Waals surface area (Å²) < 4.78 is 11.5. The van der Waals surface area contributed by atoms with Gasteiger partial charge in [-0.05, 0) is 59.2 Å². The summed E-state index contributed by atoms with van der Waals surface area (Å²) >= 11 is 0. The third-order valence-corrected chi connectivity index (χ3v) is 6.52. The van der Waals surface area contributed by atoms with Gasteiger partial charge in [-0.25, -0.2) is 0 Å². The highest BCUT2D eigenvalue weighted by atomic mass is 16.5. The van der Waals surface area contributed by atoms with Crippen LogP contribution in [0.2, 0.25) is 0 Å². The average molecular weight is 428 g/mol. The van der Waals surface area contributed by atoms with Crippen molar-refractivity contribution in [3.8, 4) is 17.2 Å². The highest BCUT2D eigenvalue weighted by Crippen LogP contribution is 2.44. The van der Waals surface area contributed by atoms with Gasteiger partial charge in [0.25, 0.3) is 0 Å².